The summed E-state index contributed by atoms with van der Waals surface area (Å²) in [5.74, 6) is 3.45. The molecule has 0 fully saturated rings. The number of nitrogens with zero attached hydrogens (tertiary/aromatic N) is 3. The summed E-state index contributed by atoms with van der Waals surface area (Å²) in [5.41, 5.74) is 17.4. The average molecular weight is 882 g/mol. The van der Waals surface area contributed by atoms with Crippen molar-refractivity contribution in [1.29, 1.82) is 0 Å². The number of fused-ring (bicyclic) bond motifs is 12. The highest BCUT2D eigenvalue weighted by atomic mass is 16.5. The third-order valence-corrected chi connectivity index (χ3v) is 14.0. The van der Waals surface area contributed by atoms with Gasteiger partial charge in [0.1, 0.15) is 22.7 Å². The first-order chi connectivity index (χ1) is 34.2. The maximum absolute atomic E-state index is 7.03. The predicted octanol–water partition coefficient (Wildman–Crippen LogP) is 16.2. The lowest BCUT2D eigenvalue weighted by atomic mass is 9.65. The Labute approximate surface area is 398 Å². The second-order valence-electron chi connectivity index (χ2n) is 17.8. The van der Waals surface area contributed by atoms with Gasteiger partial charge in [-0.2, -0.15) is 0 Å². The predicted molar refractivity (Wildman–Crippen MR) is 277 cm³/mol. The lowest BCUT2D eigenvalue weighted by Gasteiger charge is -2.40. The topological polar surface area (TPSA) is 61.0 Å². The molecule has 0 saturated heterocycles. The highest BCUT2D eigenvalue weighted by molar-refractivity contribution is 6.12. The van der Waals surface area contributed by atoms with E-state index in [-0.39, 0.29) is 0 Å². The van der Waals surface area contributed by atoms with E-state index in [1.54, 1.807) is 0 Å². The zero-order valence-corrected chi connectivity index (χ0v) is 37.2. The first-order valence-corrected chi connectivity index (χ1v) is 23.3. The number of hydrogen-bond donors (Lipinski definition) is 0. The Morgan fingerprint density at radius 2 is 0.812 bits per heavy atom. The SMILES string of the molecule is c1ccc(-c2ccc(-c3nc(-c4cccc(-c5ccccc5)c4)nc(-c4cccc5oc6cc(-c7cccc8c7Oc7ccccc7C87c8ccccc8-c8ccccc87)ccc6c45)n3)cc2)cc1. The van der Waals surface area contributed by atoms with Gasteiger partial charge in [-0.05, 0) is 80.4 Å². The van der Waals surface area contributed by atoms with Gasteiger partial charge < -0.3 is 9.15 Å². The molecule has 1 aliphatic heterocycles. The van der Waals surface area contributed by atoms with E-state index < -0.39 is 5.41 Å². The highest BCUT2D eigenvalue weighted by Crippen LogP contribution is 2.63. The number of rotatable bonds is 6. The van der Waals surface area contributed by atoms with Crippen molar-refractivity contribution in [2.24, 2.45) is 0 Å². The normalized spacial score (nSPS) is 12.9. The van der Waals surface area contributed by atoms with Crippen LogP contribution in [0, 0.1) is 0 Å². The van der Waals surface area contributed by atoms with Crippen LogP contribution < -0.4 is 4.74 Å². The van der Waals surface area contributed by atoms with Crippen molar-refractivity contribution >= 4 is 21.9 Å². The van der Waals surface area contributed by atoms with E-state index in [0.29, 0.717) is 17.5 Å². The Morgan fingerprint density at radius 1 is 0.304 bits per heavy atom. The van der Waals surface area contributed by atoms with Crippen molar-refractivity contribution in [1.82, 2.24) is 15.0 Å². The van der Waals surface area contributed by atoms with Crippen LogP contribution in [-0.2, 0) is 5.41 Å². The summed E-state index contributed by atoms with van der Waals surface area (Å²) < 4.78 is 13.8. The fraction of sp³-hybridized carbons (Fsp3) is 0.0156. The molecule has 0 bridgehead atoms. The molecular weight excluding hydrogens is 843 g/mol. The monoisotopic (exact) mass is 881 g/mol. The van der Waals surface area contributed by atoms with Crippen LogP contribution >= 0.6 is 0 Å². The minimum atomic E-state index is -0.555. The van der Waals surface area contributed by atoms with Crippen LogP contribution in [0.25, 0.3) is 101 Å². The first-order valence-electron chi connectivity index (χ1n) is 23.3. The summed E-state index contributed by atoms with van der Waals surface area (Å²) in [6, 6.07) is 83.0. The Morgan fingerprint density at radius 3 is 1.57 bits per heavy atom. The van der Waals surface area contributed by atoms with Gasteiger partial charge in [-0.3, -0.25) is 0 Å². The summed E-state index contributed by atoms with van der Waals surface area (Å²) in [7, 11) is 0. The minimum Gasteiger partial charge on any atom is -0.456 e. The van der Waals surface area contributed by atoms with Gasteiger partial charge in [-0.1, -0.05) is 206 Å². The Kier molecular flexibility index (Phi) is 8.73. The van der Waals surface area contributed by atoms with Gasteiger partial charge in [0.05, 0.1) is 5.41 Å². The molecule has 5 nitrogen and oxygen atoms in total. The molecule has 69 heavy (non-hydrogen) atoms. The van der Waals surface area contributed by atoms with E-state index in [4.69, 9.17) is 24.1 Å². The molecule has 322 valence electrons. The van der Waals surface area contributed by atoms with E-state index in [1.807, 2.05) is 24.3 Å². The van der Waals surface area contributed by atoms with E-state index >= 15 is 0 Å². The van der Waals surface area contributed by atoms with Gasteiger partial charge in [0.2, 0.25) is 0 Å². The summed E-state index contributed by atoms with van der Waals surface area (Å²) >= 11 is 0. The zero-order chi connectivity index (χ0) is 45.5. The summed E-state index contributed by atoms with van der Waals surface area (Å²) in [6.45, 7) is 0. The molecule has 0 saturated carbocycles. The minimum absolute atomic E-state index is 0.555. The fourth-order valence-electron chi connectivity index (χ4n) is 11.0. The third kappa shape index (κ3) is 6.07. The van der Waals surface area contributed by atoms with Gasteiger partial charge in [0.15, 0.2) is 17.5 Å². The van der Waals surface area contributed by atoms with E-state index in [2.05, 4.69) is 212 Å². The lowest BCUT2D eigenvalue weighted by molar-refractivity contribution is 0.438. The highest BCUT2D eigenvalue weighted by Gasteiger charge is 2.51. The number of hydrogen-bond acceptors (Lipinski definition) is 5. The van der Waals surface area contributed by atoms with Gasteiger partial charge in [0, 0.05) is 44.2 Å². The molecule has 12 aromatic rings. The number of para-hydroxylation sites is 2. The maximum Gasteiger partial charge on any atom is 0.164 e. The molecule has 1 aliphatic carbocycles. The van der Waals surface area contributed by atoms with Crippen molar-refractivity contribution in [3.63, 3.8) is 0 Å². The van der Waals surface area contributed by atoms with Crippen molar-refractivity contribution in [3.8, 4) is 90.2 Å². The van der Waals surface area contributed by atoms with Crippen molar-refractivity contribution in [2.45, 2.75) is 5.41 Å². The van der Waals surface area contributed by atoms with E-state index in [0.717, 1.165) is 94.6 Å². The molecule has 0 amide bonds. The van der Waals surface area contributed by atoms with Crippen LogP contribution in [0.2, 0.25) is 0 Å². The molecule has 3 heterocycles. The van der Waals surface area contributed by atoms with E-state index in [1.165, 1.54) is 22.3 Å². The van der Waals surface area contributed by atoms with Crippen LogP contribution in [0.1, 0.15) is 22.3 Å². The second-order valence-corrected chi connectivity index (χ2v) is 17.8. The van der Waals surface area contributed by atoms with Crippen LogP contribution in [0.3, 0.4) is 0 Å². The second kappa shape index (κ2) is 15.4. The quantitative estimate of drug-likeness (QED) is 0.166. The Balaban J connectivity index is 0.921. The number of ether oxygens (including phenoxy) is 1. The smallest absolute Gasteiger partial charge is 0.164 e. The number of aromatic nitrogens is 3. The third-order valence-electron chi connectivity index (χ3n) is 14.0. The molecule has 0 unspecified atom stereocenters. The van der Waals surface area contributed by atoms with Crippen molar-refractivity contribution in [3.05, 3.63) is 259 Å². The Bertz CT molecular complexity index is 3940. The molecule has 2 aliphatic rings. The molecule has 1 spiro atoms. The lowest BCUT2D eigenvalue weighted by Crippen LogP contribution is -2.32. The standard InChI is InChI=1S/C64H39N3O2/c1-3-16-40(17-4-1)42-32-34-43(35-33-42)61-65-62(46-21-13-20-44(38-46)41-18-5-2-6-19-41)67-63(66-61)51-25-15-31-57-59(51)50-37-36-45(39-58(50)68-57)47-24-14-29-55-60(47)69-56-30-12-11-28-54(56)64(55)52-26-9-7-22-48(52)49-23-8-10-27-53(49)64/h1-39H. The number of benzene rings is 10. The molecule has 0 atom stereocenters. The average Bonchev–Trinajstić information content (AvgIpc) is 3.95. The molecule has 2 aromatic heterocycles. The van der Waals surface area contributed by atoms with Crippen molar-refractivity contribution in [2.75, 3.05) is 0 Å². The largest absolute Gasteiger partial charge is 0.456 e. The Hall–Kier alpha value is -9.19. The van der Waals surface area contributed by atoms with E-state index in [9.17, 15) is 0 Å². The van der Waals surface area contributed by atoms with Gasteiger partial charge in [-0.15, -0.1) is 0 Å². The van der Waals surface area contributed by atoms with Gasteiger partial charge in [-0.25, -0.2) is 15.0 Å². The van der Waals surface area contributed by atoms with Crippen LogP contribution in [0.15, 0.2) is 241 Å². The van der Waals surface area contributed by atoms with Crippen molar-refractivity contribution < 1.29 is 9.15 Å². The maximum atomic E-state index is 7.03. The zero-order valence-electron chi connectivity index (χ0n) is 37.2. The summed E-state index contributed by atoms with van der Waals surface area (Å²) in [5, 5.41) is 1.91. The van der Waals surface area contributed by atoms with Gasteiger partial charge in [0.25, 0.3) is 0 Å². The molecule has 10 aromatic carbocycles. The molecule has 0 radical (unpaired) electrons. The first kappa shape index (κ1) is 39.0. The molecular formula is C64H39N3O2. The summed E-state index contributed by atoms with van der Waals surface area (Å²) in [4.78, 5) is 15.6. The van der Waals surface area contributed by atoms with Crippen LogP contribution in [-0.4, -0.2) is 15.0 Å². The van der Waals surface area contributed by atoms with Gasteiger partial charge >= 0.3 is 0 Å². The molecule has 0 N–H and O–H groups in total. The molecule has 5 heteroatoms. The molecule has 14 rings (SSSR count). The van der Waals surface area contributed by atoms with Crippen LogP contribution in [0.5, 0.6) is 11.5 Å². The number of furan rings is 1. The fourth-order valence-corrected chi connectivity index (χ4v) is 11.0. The van der Waals surface area contributed by atoms with Crippen LogP contribution in [0.4, 0.5) is 0 Å². The summed E-state index contributed by atoms with van der Waals surface area (Å²) in [6.07, 6.45) is 0.